The molecule has 8 nitrogen and oxygen atoms in total. The number of ether oxygens (including phenoxy) is 1. The van der Waals surface area contributed by atoms with Crippen LogP contribution in [0.15, 0.2) is 83.8 Å². The molecular weight excluding hydrogens is 526 g/mol. The Morgan fingerprint density at radius 1 is 0.950 bits per heavy atom. The number of hydrogen-bond donors (Lipinski definition) is 1. The molecule has 0 aliphatic rings. The van der Waals surface area contributed by atoms with Gasteiger partial charge >= 0.3 is 0 Å². The highest BCUT2D eigenvalue weighted by molar-refractivity contribution is 7.92. The van der Waals surface area contributed by atoms with Gasteiger partial charge in [0.1, 0.15) is 18.3 Å². The van der Waals surface area contributed by atoms with Crippen LogP contribution in [0.1, 0.15) is 38.3 Å². The molecule has 40 heavy (non-hydrogen) atoms. The molecule has 0 heterocycles. The van der Waals surface area contributed by atoms with Crippen LogP contribution in [-0.2, 0) is 26.2 Å². The second-order valence-corrected chi connectivity index (χ2v) is 12.0. The molecule has 0 aliphatic carbocycles. The standard InChI is InChI=1S/C31H39N3O5S/c1-6-29(31(36)32-20-23(2)3)33(21-25-17-15-24(4)16-18-25)30(35)22-34(26-11-10-12-27(19-26)39-5)40(37,38)28-13-8-7-9-14-28/h7-19,23,29H,6,20-22H2,1-5H3,(H,32,36)/t29-/m0/s1. The molecule has 0 bridgehead atoms. The van der Waals surface area contributed by atoms with E-state index in [0.717, 1.165) is 15.4 Å². The lowest BCUT2D eigenvalue weighted by Gasteiger charge is -2.33. The molecule has 0 radical (unpaired) electrons. The van der Waals surface area contributed by atoms with Crippen molar-refractivity contribution >= 4 is 27.5 Å². The van der Waals surface area contributed by atoms with E-state index in [1.54, 1.807) is 42.5 Å². The summed E-state index contributed by atoms with van der Waals surface area (Å²) in [5.74, 6) is -0.0681. The summed E-state index contributed by atoms with van der Waals surface area (Å²) in [6, 6.07) is 21.5. The highest BCUT2D eigenvalue weighted by atomic mass is 32.2. The van der Waals surface area contributed by atoms with Gasteiger partial charge in [-0.2, -0.15) is 0 Å². The lowest BCUT2D eigenvalue weighted by molar-refractivity contribution is -0.140. The molecule has 0 aliphatic heterocycles. The monoisotopic (exact) mass is 565 g/mol. The molecule has 3 aromatic carbocycles. The van der Waals surface area contributed by atoms with Crippen molar-refractivity contribution in [2.45, 2.75) is 51.6 Å². The Balaban J connectivity index is 2.05. The minimum absolute atomic E-state index is 0.0532. The number of sulfonamides is 1. The average Bonchev–Trinajstić information content (AvgIpc) is 2.95. The summed E-state index contributed by atoms with van der Waals surface area (Å²) in [5.41, 5.74) is 2.19. The van der Waals surface area contributed by atoms with E-state index in [2.05, 4.69) is 5.32 Å². The smallest absolute Gasteiger partial charge is 0.264 e. The summed E-state index contributed by atoms with van der Waals surface area (Å²) in [4.78, 5) is 28.9. The molecule has 1 N–H and O–H groups in total. The summed E-state index contributed by atoms with van der Waals surface area (Å²) in [5, 5.41) is 2.94. The fraction of sp³-hybridized carbons (Fsp3) is 0.355. The number of carbonyl (C=O) groups is 2. The van der Waals surface area contributed by atoms with Gasteiger partial charge in [-0.05, 0) is 49.1 Å². The molecule has 214 valence electrons. The maximum atomic E-state index is 14.1. The molecule has 0 fully saturated rings. The van der Waals surface area contributed by atoms with Crippen LogP contribution in [0.3, 0.4) is 0 Å². The van der Waals surface area contributed by atoms with E-state index < -0.39 is 28.5 Å². The number of rotatable bonds is 13. The maximum Gasteiger partial charge on any atom is 0.264 e. The van der Waals surface area contributed by atoms with Gasteiger partial charge in [-0.1, -0.05) is 74.9 Å². The molecule has 3 aromatic rings. The number of anilines is 1. The largest absolute Gasteiger partial charge is 0.497 e. The van der Waals surface area contributed by atoms with Crippen molar-refractivity contribution in [3.8, 4) is 5.75 Å². The molecule has 9 heteroatoms. The first-order valence-electron chi connectivity index (χ1n) is 13.4. The Kier molecular flexibility index (Phi) is 10.7. The molecule has 0 spiro atoms. The van der Waals surface area contributed by atoms with Gasteiger partial charge in [-0.3, -0.25) is 13.9 Å². The van der Waals surface area contributed by atoms with E-state index in [0.29, 0.717) is 18.7 Å². The first-order valence-corrected chi connectivity index (χ1v) is 14.8. The number of nitrogens with one attached hydrogen (secondary N) is 1. The molecule has 0 saturated carbocycles. The quantitative estimate of drug-likeness (QED) is 0.322. The minimum atomic E-state index is -4.13. The lowest BCUT2D eigenvalue weighted by Crippen LogP contribution is -2.52. The summed E-state index contributed by atoms with van der Waals surface area (Å²) >= 11 is 0. The van der Waals surface area contributed by atoms with E-state index >= 15 is 0 Å². The molecule has 3 rings (SSSR count). The number of methoxy groups -OCH3 is 1. The Morgan fingerprint density at radius 2 is 1.62 bits per heavy atom. The van der Waals surface area contributed by atoms with Gasteiger partial charge in [0, 0.05) is 19.2 Å². The molecule has 1 atom stereocenters. The summed E-state index contributed by atoms with van der Waals surface area (Å²) in [6.45, 7) is 7.94. The SMILES string of the molecule is CC[C@@H](C(=O)NCC(C)C)N(Cc1ccc(C)cc1)C(=O)CN(c1cccc(OC)c1)S(=O)(=O)c1ccccc1. The topological polar surface area (TPSA) is 96.0 Å². The number of amides is 2. The Labute approximate surface area is 238 Å². The van der Waals surface area contributed by atoms with Crippen molar-refractivity contribution in [2.24, 2.45) is 5.92 Å². The molecule has 0 saturated heterocycles. The van der Waals surface area contributed by atoms with Gasteiger partial charge in [0.25, 0.3) is 10.0 Å². The highest BCUT2D eigenvalue weighted by Crippen LogP contribution is 2.27. The first kappa shape index (κ1) is 30.7. The first-order chi connectivity index (χ1) is 19.1. The van der Waals surface area contributed by atoms with E-state index in [4.69, 9.17) is 4.74 Å². The lowest BCUT2D eigenvalue weighted by atomic mass is 10.1. The van der Waals surface area contributed by atoms with Crippen LogP contribution >= 0.6 is 0 Å². The highest BCUT2D eigenvalue weighted by Gasteiger charge is 2.33. The van der Waals surface area contributed by atoms with Crippen LogP contribution in [0.4, 0.5) is 5.69 Å². The van der Waals surface area contributed by atoms with Crippen molar-refractivity contribution in [1.29, 1.82) is 0 Å². The number of aryl methyl sites for hydroxylation is 1. The molecule has 0 aromatic heterocycles. The van der Waals surface area contributed by atoms with Crippen molar-refractivity contribution in [2.75, 3.05) is 24.5 Å². The third-order valence-corrected chi connectivity index (χ3v) is 8.28. The van der Waals surface area contributed by atoms with Gasteiger partial charge < -0.3 is 15.0 Å². The minimum Gasteiger partial charge on any atom is -0.497 e. The van der Waals surface area contributed by atoms with E-state index in [-0.39, 0.29) is 29.0 Å². The molecule has 2 amide bonds. The van der Waals surface area contributed by atoms with Crippen LogP contribution in [-0.4, -0.2) is 51.4 Å². The van der Waals surface area contributed by atoms with Crippen LogP contribution in [0.25, 0.3) is 0 Å². The van der Waals surface area contributed by atoms with Crippen LogP contribution in [0.5, 0.6) is 5.75 Å². The summed E-state index contributed by atoms with van der Waals surface area (Å²) < 4.78 is 34.1. The molecular formula is C31H39N3O5S. The van der Waals surface area contributed by atoms with Gasteiger partial charge in [-0.15, -0.1) is 0 Å². The van der Waals surface area contributed by atoms with Crippen molar-refractivity contribution in [3.05, 3.63) is 90.0 Å². The van der Waals surface area contributed by atoms with Gasteiger partial charge in [0.15, 0.2) is 0 Å². The van der Waals surface area contributed by atoms with E-state index in [1.165, 1.54) is 24.1 Å². The third kappa shape index (κ3) is 7.85. The summed E-state index contributed by atoms with van der Waals surface area (Å²) in [7, 11) is -2.64. The van der Waals surface area contributed by atoms with E-state index in [9.17, 15) is 18.0 Å². The Hall–Kier alpha value is -3.85. The number of carbonyl (C=O) groups excluding carboxylic acids is 2. The number of nitrogens with zero attached hydrogens (tertiary/aromatic N) is 2. The zero-order valence-electron chi connectivity index (χ0n) is 23.8. The number of benzene rings is 3. The fourth-order valence-electron chi connectivity index (χ4n) is 4.25. The summed E-state index contributed by atoms with van der Waals surface area (Å²) in [6.07, 6.45) is 0.367. The van der Waals surface area contributed by atoms with Crippen molar-refractivity contribution in [1.82, 2.24) is 10.2 Å². The van der Waals surface area contributed by atoms with Crippen LogP contribution in [0.2, 0.25) is 0 Å². The van der Waals surface area contributed by atoms with Crippen LogP contribution < -0.4 is 14.4 Å². The second kappa shape index (κ2) is 14.0. The maximum absolute atomic E-state index is 14.1. The average molecular weight is 566 g/mol. The predicted molar refractivity (Wildman–Crippen MR) is 158 cm³/mol. The van der Waals surface area contributed by atoms with Crippen molar-refractivity contribution < 1.29 is 22.7 Å². The Bertz CT molecular complexity index is 1380. The zero-order chi connectivity index (χ0) is 29.3. The van der Waals surface area contributed by atoms with Gasteiger partial charge in [-0.25, -0.2) is 8.42 Å². The number of hydrogen-bond acceptors (Lipinski definition) is 5. The fourth-order valence-corrected chi connectivity index (χ4v) is 5.67. The second-order valence-electron chi connectivity index (χ2n) is 10.1. The van der Waals surface area contributed by atoms with E-state index in [1.807, 2.05) is 52.0 Å². The molecule has 0 unspecified atom stereocenters. The normalized spacial score (nSPS) is 12.1. The predicted octanol–water partition coefficient (Wildman–Crippen LogP) is 4.78. The van der Waals surface area contributed by atoms with Gasteiger partial charge in [0.2, 0.25) is 11.8 Å². The zero-order valence-corrected chi connectivity index (χ0v) is 24.6. The van der Waals surface area contributed by atoms with Gasteiger partial charge in [0.05, 0.1) is 17.7 Å². The van der Waals surface area contributed by atoms with Crippen LogP contribution in [0, 0.1) is 12.8 Å². The Morgan fingerprint density at radius 3 is 2.23 bits per heavy atom. The third-order valence-electron chi connectivity index (χ3n) is 6.50. The van der Waals surface area contributed by atoms with Crippen molar-refractivity contribution in [3.63, 3.8) is 0 Å².